The van der Waals surface area contributed by atoms with Crippen molar-refractivity contribution >= 4 is 0 Å². The lowest BCUT2D eigenvalue weighted by molar-refractivity contribution is 0.416. The zero-order chi connectivity index (χ0) is 38.6. The molecule has 0 aromatic carbocycles. The van der Waals surface area contributed by atoms with Crippen LogP contribution in [0.25, 0.3) is 0 Å². The second kappa shape index (κ2) is 27.9. The van der Waals surface area contributed by atoms with Gasteiger partial charge >= 0.3 is 0 Å². The third-order valence-electron chi connectivity index (χ3n) is 7.65. The Morgan fingerprint density at radius 2 is 1.82 bits per heavy atom. The van der Waals surface area contributed by atoms with Crippen LogP contribution in [0, 0.1) is 24.7 Å². The van der Waals surface area contributed by atoms with Crippen molar-refractivity contribution in [3.05, 3.63) is 143 Å². The molecule has 7 heteroatoms. The van der Waals surface area contributed by atoms with Crippen molar-refractivity contribution in [2.45, 2.75) is 80.7 Å². The van der Waals surface area contributed by atoms with Crippen LogP contribution in [0.2, 0.25) is 0 Å². The first kappa shape index (κ1) is 47.1. The third-order valence-corrected chi connectivity index (χ3v) is 7.65. The second-order valence-corrected chi connectivity index (χ2v) is 11.6. The van der Waals surface area contributed by atoms with Gasteiger partial charge in [-0.25, -0.2) is 4.39 Å². The summed E-state index contributed by atoms with van der Waals surface area (Å²) in [6.07, 6.45) is 27.9. The van der Waals surface area contributed by atoms with Gasteiger partial charge in [0.15, 0.2) is 0 Å². The number of hydrogen-bond donors (Lipinski definition) is 3. The van der Waals surface area contributed by atoms with Crippen LogP contribution in [-0.4, -0.2) is 31.6 Å². The van der Waals surface area contributed by atoms with Gasteiger partial charge < -0.3 is 15.5 Å². The summed E-state index contributed by atoms with van der Waals surface area (Å²) in [5.74, 6) is 0.0394. The van der Waals surface area contributed by atoms with E-state index in [-0.39, 0.29) is 23.7 Å². The molecule has 0 fully saturated rings. The van der Waals surface area contributed by atoms with Gasteiger partial charge in [-0.05, 0) is 89.2 Å². The third kappa shape index (κ3) is 19.1. The van der Waals surface area contributed by atoms with E-state index >= 15 is 0 Å². The molecule has 0 aliphatic heterocycles. The standard InChI is InChI=1S/C39H55FN6.C2H6.C2H2/c1-13-18-31(6)38(22-16-14-15-19-32(7)44-45-41-11)43-34(9)39(46(12)35(10)28(2)3)26-24-29(4)33(8)42-27-36-20-17-21-37(40)30(5)23-25-36;2*1-2/h13,15,18-21,23-25,31,36,38,42-43H,4,7-9,14,16,22,27H2,1-3,5-6,10-12H3,(H,41,44);1-2H3;1-2H/b18-13-,19-15+,25-23?,37-30+;;. The van der Waals surface area contributed by atoms with Crippen LogP contribution in [0.3, 0.4) is 0 Å². The van der Waals surface area contributed by atoms with Crippen molar-refractivity contribution in [1.29, 1.82) is 0 Å². The summed E-state index contributed by atoms with van der Waals surface area (Å²) in [4.78, 5) is 2.10. The number of nitrogens with one attached hydrogen (secondary N) is 3. The van der Waals surface area contributed by atoms with Crippen molar-refractivity contribution in [2.75, 3.05) is 20.6 Å². The normalized spacial score (nSPS) is 16.0. The summed E-state index contributed by atoms with van der Waals surface area (Å²) in [6.45, 7) is 33.6. The van der Waals surface area contributed by atoms with Crippen molar-refractivity contribution < 1.29 is 4.39 Å². The van der Waals surface area contributed by atoms with Crippen molar-refractivity contribution in [3.63, 3.8) is 0 Å². The lowest BCUT2D eigenvalue weighted by Crippen LogP contribution is -2.36. The van der Waals surface area contributed by atoms with Gasteiger partial charge in [-0.1, -0.05) is 94.0 Å². The second-order valence-electron chi connectivity index (χ2n) is 11.6. The largest absolute Gasteiger partial charge is 0.384 e. The van der Waals surface area contributed by atoms with Crippen LogP contribution in [0.1, 0.15) is 74.7 Å². The fraction of sp³-hybridized carbons (Fsp3) is 0.395. The Morgan fingerprint density at radius 1 is 1.16 bits per heavy atom. The Balaban J connectivity index is 0. The van der Waals surface area contributed by atoms with E-state index in [1.54, 1.807) is 20.0 Å². The van der Waals surface area contributed by atoms with E-state index in [2.05, 4.69) is 128 Å². The van der Waals surface area contributed by atoms with E-state index < -0.39 is 0 Å². The highest BCUT2D eigenvalue weighted by atomic mass is 19.1. The van der Waals surface area contributed by atoms with Gasteiger partial charge in [0.05, 0.1) is 18.4 Å². The minimum Gasteiger partial charge on any atom is -0.384 e. The van der Waals surface area contributed by atoms with Gasteiger partial charge in [0, 0.05) is 43.0 Å². The van der Waals surface area contributed by atoms with Crippen molar-refractivity contribution in [1.82, 2.24) is 21.0 Å². The molecule has 0 saturated carbocycles. The van der Waals surface area contributed by atoms with Crippen LogP contribution in [-0.2, 0) is 0 Å². The average Bonchev–Trinajstić information content (AvgIpc) is 3.10. The fourth-order valence-corrected chi connectivity index (χ4v) is 4.40. The maximum atomic E-state index is 13.8. The molecule has 1 aliphatic carbocycles. The summed E-state index contributed by atoms with van der Waals surface area (Å²) in [7, 11) is 3.63. The highest BCUT2D eigenvalue weighted by molar-refractivity contribution is 5.38. The number of unbranched alkanes of at least 4 members (excludes halogenated alkanes) is 1. The van der Waals surface area contributed by atoms with E-state index in [9.17, 15) is 4.39 Å². The first-order chi connectivity index (χ1) is 23.8. The number of hydrogen-bond acceptors (Lipinski definition) is 5. The number of allylic oxidation sites excluding steroid dienone is 9. The highest BCUT2D eigenvalue weighted by Gasteiger charge is 2.19. The van der Waals surface area contributed by atoms with E-state index in [0.717, 1.165) is 36.4 Å². The number of nitrogens with zero attached hydrogens (tertiary/aromatic N) is 3. The predicted octanol–water partition coefficient (Wildman–Crippen LogP) is 10.9. The van der Waals surface area contributed by atoms with Crippen LogP contribution >= 0.6 is 0 Å². The zero-order valence-electron chi connectivity index (χ0n) is 32.5. The molecule has 0 radical (unpaired) electrons. The van der Waals surface area contributed by atoms with Crippen LogP contribution < -0.4 is 16.1 Å². The summed E-state index contributed by atoms with van der Waals surface area (Å²) in [6, 6.07) is 0.162. The first-order valence-electron chi connectivity index (χ1n) is 17.1. The van der Waals surface area contributed by atoms with Crippen LogP contribution in [0.15, 0.2) is 154 Å². The Bertz CT molecular complexity index is 1460. The van der Waals surface area contributed by atoms with Gasteiger partial charge in [0.25, 0.3) is 0 Å². The summed E-state index contributed by atoms with van der Waals surface area (Å²) < 4.78 is 13.8. The van der Waals surface area contributed by atoms with Crippen molar-refractivity contribution in [3.8, 4) is 12.8 Å². The molecule has 50 heavy (non-hydrogen) atoms. The Hall–Kier alpha value is -5.01. The van der Waals surface area contributed by atoms with Gasteiger partial charge in [0.2, 0.25) is 0 Å². The Kier molecular flexibility index (Phi) is 26.3. The molecular weight excluding hydrogens is 620 g/mol. The number of likely N-dealkylation sites (N-methyl/N-ethyl adjacent to an activating group) is 1. The molecule has 0 heterocycles. The SMILES string of the molecule is C#C.C=C(/C=C/CCCC(NC(=C)C(=C=CC(=C)C(=C)NCC1C=C=C/C(F)=C(/C)C=C1)N(C)C(C)=C(C)C)C(C)/C=C\C)NN=NC.CC. The molecule has 0 bridgehead atoms. The predicted molar refractivity (Wildman–Crippen MR) is 216 cm³/mol. The molecule has 272 valence electrons. The molecule has 3 atom stereocenters. The molecule has 0 aromatic rings. The fourth-order valence-electron chi connectivity index (χ4n) is 4.40. The minimum absolute atomic E-state index is 0.0314. The van der Waals surface area contributed by atoms with Crippen molar-refractivity contribution in [2.24, 2.45) is 22.2 Å². The minimum atomic E-state index is -0.278. The van der Waals surface area contributed by atoms with E-state index in [1.165, 1.54) is 11.6 Å². The molecule has 0 amide bonds. The van der Waals surface area contributed by atoms with Gasteiger partial charge in [0.1, 0.15) is 11.5 Å². The molecule has 1 rings (SSSR count). The lowest BCUT2D eigenvalue weighted by atomic mass is 9.95. The molecule has 3 N–H and O–H groups in total. The molecular formula is C43H63FN6. The molecule has 1 aliphatic rings. The Morgan fingerprint density at radius 3 is 2.42 bits per heavy atom. The molecule has 0 saturated heterocycles. The number of halogens is 1. The smallest absolute Gasteiger partial charge is 0.133 e. The molecule has 0 spiro atoms. The summed E-state index contributed by atoms with van der Waals surface area (Å²) in [5, 5.41) is 14.5. The lowest BCUT2D eigenvalue weighted by Gasteiger charge is -2.30. The highest BCUT2D eigenvalue weighted by Crippen LogP contribution is 2.22. The number of terminal acetylenes is 1. The maximum absolute atomic E-state index is 13.8. The van der Waals surface area contributed by atoms with Gasteiger partial charge in [-0.3, -0.25) is 5.43 Å². The summed E-state index contributed by atoms with van der Waals surface area (Å²) in [5.41, 5.74) is 15.7. The van der Waals surface area contributed by atoms with Gasteiger partial charge in [-0.15, -0.1) is 18.6 Å². The van der Waals surface area contributed by atoms with E-state index in [0.29, 0.717) is 29.1 Å². The quantitative estimate of drug-likeness (QED) is 0.0241. The van der Waals surface area contributed by atoms with E-state index in [1.807, 2.05) is 52.1 Å². The average molecular weight is 683 g/mol. The Labute approximate surface area is 304 Å². The topological polar surface area (TPSA) is 64.0 Å². The van der Waals surface area contributed by atoms with Gasteiger partial charge in [-0.2, -0.15) is 5.11 Å². The monoisotopic (exact) mass is 683 g/mol. The van der Waals surface area contributed by atoms with E-state index in [4.69, 9.17) is 0 Å². The van der Waals surface area contributed by atoms with Crippen LogP contribution in [0.4, 0.5) is 4.39 Å². The number of rotatable bonds is 19. The first-order valence-corrected chi connectivity index (χ1v) is 17.1. The maximum Gasteiger partial charge on any atom is 0.133 e. The summed E-state index contributed by atoms with van der Waals surface area (Å²) >= 11 is 0. The molecule has 0 aromatic heterocycles. The molecule has 6 nitrogen and oxygen atoms in total. The molecule has 3 unspecified atom stereocenters. The zero-order valence-corrected chi connectivity index (χ0v) is 32.5. The van der Waals surface area contributed by atoms with Crippen LogP contribution in [0.5, 0.6) is 0 Å².